The molecule has 0 aliphatic carbocycles. The fourth-order valence-electron chi connectivity index (χ4n) is 2.64. The molecule has 0 unspecified atom stereocenters. The van der Waals surface area contributed by atoms with Crippen molar-refractivity contribution < 1.29 is 14.5 Å². The van der Waals surface area contributed by atoms with Crippen LogP contribution in [0.2, 0.25) is 0 Å². The second-order valence-corrected chi connectivity index (χ2v) is 7.99. The van der Waals surface area contributed by atoms with Gasteiger partial charge >= 0.3 is 0 Å². The number of anilines is 1. The summed E-state index contributed by atoms with van der Waals surface area (Å²) in [5.74, 6) is -0.714. The Morgan fingerprint density at radius 1 is 1.24 bits per heavy atom. The molecule has 11 heteroatoms. The summed E-state index contributed by atoms with van der Waals surface area (Å²) in [6.07, 6.45) is 1.20. The Morgan fingerprint density at radius 2 is 1.93 bits per heavy atom. The van der Waals surface area contributed by atoms with Crippen LogP contribution < -0.4 is 10.6 Å². The number of nitrogens with zero attached hydrogens (tertiary/aromatic N) is 4. The van der Waals surface area contributed by atoms with Crippen molar-refractivity contribution in [2.45, 2.75) is 11.7 Å². The molecule has 1 aliphatic heterocycles. The molecule has 148 valence electrons. The van der Waals surface area contributed by atoms with Gasteiger partial charge in [0.15, 0.2) is 5.17 Å². The van der Waals surface area contributed by atoms with E-state index >= 15 is 0 Å². The Bertz CT molecular complexity index is 1030. The van der Waals surface area contributed by atoms with Gasteiger partial charge in [0.2, 0.25) is 11.8 Å². The predicted molar refractivity (Wildman–Crippen MR) is 115 cm³/mol. The van der Waals surface area contributed by atoms with Gasteiger partial charge in [-0.3, -0.25) is 19.7 Å². The lowest BCUT2D eigenvalue weighted by Crippen LogP contribution is -2.31. The van der Waals surface area contributed by atoms with E-state index in [1.807, 2.05) is 0 Å². The third-order valence-electron chi connectivity index (χ3n) is 3.94. The lowest BCUT2D eigenvalue weighted by molar-refractivity contribution is -0.385. The van der Waals surface area contributed by atoms with Crippen LogP contribution in [0.15, 0.2) is 63.2 Å². The molecular weight excluding hydrogens is 462 g/mol. The van der Waals surface area contributed by atoms with Crippen molar-refractivity contribution in [3.63, 3.8) is 0 Å². The summed E-state index contributed by atoms with van der Waals surface area (Å²) in [5, 5.41) is 17.8. The Balaban J connectivity index is 1.68. The number of nitro groups is 1. The monoisotopic (exact) mass is 475 g/mol. The number of halogens is 1. The molecule has 1 saturated heterocycles. The van der Waals surface area contributed by atoms with Crippen LogP contribution in [-0.4, -0.2) is 33.4 Å². The molecule has 0 spiro atoms. The van der Waals surface area contributed by atoms with Gasteiger partial charge in [-0.25, -0.2) is 4.90 Å². The van der Waals surface area contributed by atoms with E-state index in [1.54, 1.807) is 36.4 Å². The van der Waals surface area contributed by atoms with Crippen molar-refractivity contribution in [1.82, 2.24) is 0 Å². The van der Waals surface area contributed by atoms with E-state index in [2.05, 4.69) is 26.1 Å². The number of carbonyl (C=O) groups excluding carboxylic acids is 2. The maximum Gasteiger partial charge on any atom is 0.278 e. The largest absolute Gasteiger partial charge is 0.377 e. The van der Waals surface area contributed by atoms with Gasteiger partial charge in [-0.05, 0) is 30.3 Å². The number of rotatable bonds is 5. The minimum Gasteiger partial charge on any atom is -0.377 e. The number of benzene rings is 2. The van der Waals surface area contributed by atoms with Crippen molar-refractivity contribution in [2.24, 2.45) is 15.9 Å². The highest BCUT2D eigenvalue weighted by atomic mass is 79.9. The van der Waals surface area contributed by atoms with Crippen LogP contribution in [0, 0.1) is 10.1 Å². The molecule has 3 rings (SSSR count). The first-order chi connectivity index (χ1) is 13.9. The molecule has 1 atom stereocenters. The molecule has 1 heterocycles. The molecule has 2 N–H and O–H groups in total. The van der Waals surface area contributed by atoms with Crippen molar-refractivity contribution in [3.8, 4) is 0 Å². The van der Waals surface area contributed by atoms with Gasteiger partial charge in [0.25, 0.3) is 5.69 Å². The molecule has 0 saturated carbocycles. The average Bonchev–Trinajstić information content (AvgIpc) is 2.96. The molecule has 0 aromatic heterocycles. The quantitative estimate of drug-likeness (QED) is 0.232. The van der Waals surface area contributed by atoms with Gasteiger partial charge in [0.05, 0.1) is 22.4 Å². The normalized spacial score (nSPS) is 17.3. The van der Waals surface area contributed by atoms with E-state index in [1.165, 1.54) is 18.3 Å². The number of hydrogen-bond donors (Lipinski definition) is 1. The second kappa shape index (κ2) is 8.97. The third-order valence-corrected chi connectivity index (χ3v) is 5.44. The number of nitro benzene ring substituents is 1. The van der Waals surface area contributed by atoms with Crippen molar-refractivity contribution in [2.75, 3.05) is 4.90 Å². The van der Waals surface area contributed by atoms with E-state index in [9.17, 15) is 19.7 Å². The molecule has 0 radical (unpaired) electrons. The summed E-state index contributed by atoms with van der Waals surface area (Å²) < 4.78 is 0.833. The first-order valence-corrected chi connectivity index (χ1v) is 9.93. The zero-order valence-corrected chi connectivity index (χ0v) is 17.2. The van der Waals surface area contributed by atoms with Gasteiger partial charge in [0, 0.05) is 17.0 Å². The lowest BCUT2D eigenvalue weighted by Gasteiger charge is -2.14. The zero-order chi connectivity index (χ0) is 21.0. The van der Waals surface area contributed by atoms with Crippen LogP contribution in [0.5, 0.6) is 0 Å². The fraction of sp³-hybridized carbons (Fsp3) is 0.111. The molecule has 0 bridgehead atoms. The summed E-state index contributed by atoms with van der Waals surface area (Å²) in [5.41, 5.74) is 6.45. The second-order valence-electron chi connectivity index (χ2n) is 5.85. The number of nitrogens with two attached hydrogens (primary N) is 1. The van der Waals surface area contributed by atoms with Crippen LogP contribution in [0.3, 0.4) is 0 Å². The summed E-state index contributed by atoms with van der Waals surface area (Å²) in [6, 6.07) is 12.9. The fourth-order valence-corrected chi connectivity index (χ4v) is 3.72. The van der Waals surface area contributed by atoms with E-state index in [4.69, 9.17) is 5.73 Å². The van der Waals surface area contributed by atoms with Crippen molar-refractivity contribution >= 4 is 62.3 Å². The van der Waals surface area contributed by atoms with Crippen LogP contribution in [0.25, 0.3) is 0 Å². The maximum absolute atomic E-state index is 12.6. The minimum absolute atomic E-state index is 0.0103. The molecule has 2 aromatic carbocycles. The molecule has 1 fully saturated rings. The molecule has 9 nitrogen and oxygen atoms in total. The number of carbonyl (C=O) groups is 2. The highest BCUT2D eigenvalue weighted by Crippen LogP contribution is 2.30. The van der Waals surface area contributed by atoms with Gasteiger partial charge in [-0.1, -0.05) is 39.8 Å². The smallest absolute Gasteiger partial charge is 0.278 e. The Labute approximate surface area is 177 Å². The molecule has 1 aliphatic rings. The van der Waals surface area contributed by atoms with Crippen LogP contribution in [-0.2, 0) is 9.59 Å². The maximum atomic E-state index is 12.6. The first kappa shape index (κ1) is 20.7. The van der Waals surface area contributed by atoms with E-state index < -0.39 is 10.2 Å². The predicted octanol–water partition coefficient (Wildman–Crippen LogP) is 3.07. The summed E-state index contributed by atoms with van der Waals surface area (Å²) >= 11 is 4.23. The van der Waals surface area contributed by atoms with E-state index in [0.29, 0.717) is 5.69 Å². The summed E-state index contributed by atoms with van der Waals surface area (Å²) in [6.45, 7) is 0. The first-order valence-electron chi connectivity index (χ1n) is 8.25. The highest BCUT2D eigenvalue weighted by Gasteiger charge is 2.40. The van der Waals surface area contributed by atoms with Crippen LogP contribution in [0.4, 0.5) is 11.4 Å². The van der Waals surface area contributed by atoms with Crippen molar-refractivity contribution in [1.29, 1.82) is 0 Å². The molecule has 29 heavy (non-hydrogen) atoms. The SMILES string of the molecule is NC(=N/N=C\c1ccccc1[N+](=O)[O-])S[C@@H]1CC(=O)N(c2ccc(Br)cc2)C1=O. The Kier molecular flexibility index (Phi) is 6.39. The number of imide groups is 1. The summed E-state index contributed by atoms with van der Waals surface area (Å²) in [7, 11) is 0. The van der Waals surface area contributed by atoms with Gasteiger partial charge < -0.3 is 5.73 Å². The molecule has 2 aromatic rings. The number of para-hydroxylation sites is 1. The Hall–Kier alpha value is -3.05. The average molecular weight is 476 g/mol. The van der Waals surface area contributed by atoms with E-state index in [-0.39, 0.29) is 34.7 Å². The topological polar surface area (TPSA) is 131 Å². The minimum atomic E-state index is -0.712. The van der Waals surface area contributed by atoms with Gasteiger partial charge in [-0.15, -0.1) is 5.10 Å². The van der Waals surface area contributed by atoms with Gasteiger partial charge in [0.1, 0.15) is 5.25 Å². The van der Waals surface area contributed by atoms with Crippen LogP contribution in [0.1, 0.15) is 12.0 Å². The van der Waals surface area contributed by atoms with E-state index in [0.717, 1.165) is 21.1 Å². The van der Waals surface area contributed by atoms with Crippen LogP contribution >= 0.6 is 27.7 Å². The Morgan fingerprint density at radius 3 is 2.62 bits per heavy atom. The van der Waals surface area contributed by atoms with Gasteiger partial charge in [-0.2, -0.15) is 5.10 Å². The molecular formula is C18H14BrN5O4S. The summed E-state index contributed by atoms with van der Waals surface area (Å²) in [4.78, 5) is 36.4. The molecule has 2 amide bonds. The third kappa shape index (κ3) is 4.87. The number of amides is 2. The number of thioether (sulfide) groups is 1. The zero-order valence-electron chi connectivity index (χ0n) is 14.8. The van der Waals surface area contributed by atoms with Crippen molar-refractivity contribution in [3.05, 3.63) is 68.7 Å². The lowest BCUT2D eigenvalue weighted by atomic mass is 10.2. The standard InChI is InChI=1S/C18H14BrN5O4S/c19-12-5-7-13(8-6-12)23-16(25)9-15(17(23)26)29-18(20)22-21-10-11-3-1-2-4-14(11)24(27)28/h1-8,10,15H,9H2,(H2,20,22)/b21-10-/t15-/m1/s1. The highest BCUT2D eigenvalue weighted by molar-refractivity contribution is 9.10. The number of amidine groups is 1. The number of hydrogen-bond acceptors (Lipinski definition) is 7.